The Morgan fingerprint density at radius 1 is 1.12 bits per heavy atom. The highest BCUT2D eigenvalue weighted by atomic mass is 35.5. The molecule has 1 unspecified atom stereocenters. The SMILES string of the molecule is COCCO[C@H]1Cn2c(=O)[nH]c(=O)c3cc(C(F)(F)F)cc(c32)[SH](c2cc(Cl)c(F)cc2F)C1. The second kappa shape index (κ2) is 9.33. The fraction of sp³-hybridized carbons (Fsp3) is 0.333. The van der Waals surface area contributed by atoms with Gasteiger partial charge in [-0.1, -0.05) is 11.6 Å². The van der Waals surface area contributed by atoms with E-state index in [0.717, 1.165) is 16.7 Å². The first-order chi connectivity index (χ1) is 16.0. The Balaban J connectivity index is 2.05. The van der Waals surface area contributed by atoms with Gasteiger partial charge in [-0.3, -0.25) is 14.3 Å². The van der Waals surface area contributed by atoms with Crippen molar-refractivity contribution in [3.63, 3.8) is 0 Å². The summed E-state index contributed by atoms with van der Waals surface area (Å²) < 4.78 is 81.8. The van der Waals surface area contributed by atoms with Crippen LogP contribution < -0.4 is 11.2 Å². The predicted molar refractivity (Wildman–Crippen MR) is 117 cm³/mol. The van der Waals surface area contributed by atoms with Crippen LogP contribution in [0.1, 0.15) is 5.56 Å². The number of methoxy groups -OCH3 is 1. The van der Waals surface area contributed by atoms with Crippen molar-refractivity contribution in [1.29, 1.82) is 0 Å². The molecule has 1 aliphatic heterocycles. The maximum absolute atomic E-state index is 14.9. The number of H-pyrrole nitrogens is 1. The van der Waals surface area contributed by atoms with Crippen LogP contribution in [-0.2, 0) is 22.2 Å². The molecule has 2 heterocycles. The molecule has 2 atom stereocenters. The molecule has 0 aliphatic carbocycles. The van der Waals surface area contributed by atoms with Gasteiger partial charge >= 0.3 is 11.9 Å². The minimum Gasteiger partial charge on any atom is -0.382 e. The van der Waals surface area contributed by atoms with E-state index in [1.807, 2.05) is 4.98 Å². The Hall–Kier alpha value is -2.41. The number of ether oxygens (including phenoxy) is 2. The summed E-state index contributed by atoms with van der Waals surface area (Å²) >= 11 is 5.87. The highest BCUT2D eigenvalue weighted by Gasteiger charge is 2.35. The third-order valence-corrected chi connectivity index (χ3v) is 8.29. The third kappa shape index (κ3) is 4.59. The molecule has 0 saturated carbocycles. The number of nitrogens with one attached hydrogen (secondary N) is 1. The van der Waals surface area contributed by atoms with Gasteiger partial charge in [-0.05, 0) is 18.2 Å². The Kier molecular flexibility index (Phi) is 6.78. The summed E-state index contributed by atoms with van der Waals surface area (Å²) in [4.78, 5) is 27.0. The Morgan fingerprint density at radius 3 is 2.53 bits per heavy atom. The monoisotopic (exact) mass is 524 g/mol. The van der Waals surface area contributed by atoms with Gasteiger partial charge in [0.25, 0.3) is 5.56 Å². The fourth-order valence-corrected chi connectivity index (χ4v) is 6.79. The number of benzene rings is 2. The van der Waals surface area contributed by atoms with Gasteiger partial charge in [0.05, 0.1) is 47.4 Å². The van der Waals surface area contributed by atoms with Crippen molar-refractivity contribution in [2.75, 3.05) is 26.1 Å². The number of hydrogen-bond acceptors (Lipinski definition) is 4. The van der Waals surface area contributed by atoms with Gasteiger partial charge in [0, 0.05) is 28.7 Å². The van der Waals surface area contributed by atoms with Crippen molar-refractivity contribution in [2.24, 2.45) is 0 Å². The number of aromatic amines is 1. The zero-order valence-corrected chi connectivity index (χ0v) is 19.2. The van der Waals surface area contributed by atoms with Crippen LogP contribution in [0.4, 0.5) is 22.0 Å². The number of alkyl halides is 3. The van der Waals surface area contributed by atoms with Crippen LogP contribution in [0, 0.1) is 11.6 Å². The van der Waals surface area contributed by atoms with E-state index in [2.05, 4.69) is 0 Å². The molecule has 13 heteroatoms. The second-order valence-corrected chi connectivity index (χ2v) is 10.2. The number of halogens is 6. The molecular formula is C21H18ClF5N2O4S. The van der Waals surface area contributed by atoms with E-state index in [1.165, 1.54) is 7.11 Å². The Labute approximate surface area is 196 Å². The predicted octanol–water partition coefficient (Wildman–Crippen LogP) is 4.10. The molecule has 6 nitrogen and oxygen atoms in total. The Morgan fingerprint density at radius 2 is 1.85 bits per heavy atom. The van der Waals surface area contributed by atoms with E-state index in [-0.39, 0.29) is 46.2 Å². The zero-order valence-electron chi connectivity index (χ0n) is 17.5. The average molecular weight is 525 g/mol. The summed E-state index contributed by atoms with van der Waals surface area (Å²) in [6.45, 7) is 0.193. The van der Waals surface area contributed by atoms with E-state index in [0.29, 0.717) is 12.1 Å². The molecule has 0 spiro atoms. The Bertz CT molecular complexity index is 1370. The molecule has 0 amide bonds. The lowest BCUT2D eigenvalue weighted by atomic mass is 10.1. The van der Waals surface area contributed by atoms with Gasteiger partial charge in [-0.25, -0.2) is 13.6 Å². The van der Waals surface area contributed by atoms with E-state index >= 15 is 0 Å². The molecule has 0 fully saturated rings. The molecule has 0 bridgehead atoms. The van der Waals surface area contributed by atoms with Crippen LogP contribution in [0.15, 0.2) is 43.6 Å². The molecule has 0 radical (unpaired) electrons. The average Bonchev–Trinajstić information content (AvgIpc) is 2.92. The molecule has 4 rings (SSSR count). The summed E-state index contributed by atoms with van der Waals surface area (Å²) in [5, 5.41) is -0.783. The minimum atomic E-state index is -4.82. The van der Waals surface area contributed by atoms with E-state index in [4.69, 9.17) is 21.1 Å². The summed E-state index contributed by atoms with van der Waals surface area (Å²) in [6, 6.07) is 3.04. The molecule has 184 valence electrons. The number of aromatic nitrogens is 2. The number of rotatable bonds is 5. The van der Waals surface area contributed by atoms with Crippen LogP contribution in [0.25, 0.3) is 10.9 Å². The first-order valence-electron chi connectivity index (χ1n) is 9.92. The quantitative estimate of drug-likeness (QED) is 0.228. The molecule has 1 N–H and O–H groups in total. The number of thiol groups is 1. The molecule has 1 aromatic heterocycles. The fourth-order valence-electron chi connectivity index (χ4n) is 3.87. The summed E-state index contributed by atoms with van der Waals surface area (Å²) in [5.41, 5.74) is -3.03. The van der Waals surface area contributed by atoms with Crippen LogP contribution in [0.3, 0.4) is 0 Å². The summed E-state index contributed by atoms with van der Waals surface area (Å²) in [7, 11) is -0.553. The zero-order chi connectivity index (χ0) is 24.8. The van der Waals surface area contributed by atoms with E-state index in [1.54, 1.807) is 0 Å². The largest absolute Gasteiger partial charge is 0.416 e. The topological polar surface area (TPSA) is 73.3 Å². The highest BCUT2D eigenvalue weighted by molar-refractivity contribution is 8.17. The molecule has 0 saturated heterocycles. The standard InChI is InChI=1S/C21H18ClF5N2O4S/c1-32-2-3-33-11-8-29-18-12(19(30)28-20(29)31)4-10(21(25,26)27)5-17(18)34(9-11)16-6-13(22)14(23)7-15(16)24/h4-7,11,34H,2-3,8-9H2,1H3,(H,28,30,31)/t11-/m0/s1. The smallest absolute Gasteiger partial charge is 0.382 e. The first-order valence-corrected chi connectivity index (χ1v) is 11.8. The molecule has 3 aromatic rings. The third-order valence-electron chi connectivity index (χ3n) is 5.38. The van der Waals surface area contributed by atoms with Crippen molar-refractivity contribution in [1.82, 2.24) is 9.55 Å². The molecular weight excluding hydrogens is 507 g/mol. The van der Waals surface area contributed by atoms with Crippen molar-refractivity contribution in [3.05, 3.63) is 67.3 Å². The van der Waals surface area contributed by atoms with E-state index < -0.39 is 56.6 Å². The lowest BCUT2D eigenvalue weighted by molar-refractivity contribution is -0.137. The van der Waals surface area contributed by atoms with Crippen molar-refractivity contribution in [2.45, 2.75) is 28.6 Å². The van der Waals surface area contributed by atoms with Crippen LogP contribution >= 0.6 is 22.5 Å². The van der Waals surface area contributed by atoms with E-state index in [9.17, 15) is 31.5 Å². The lowest BCUT2D eigenvalue weighted by Crippen LogP contribution is -2.34. The maximum Gasteiger partial charge on any atom is 0.416 e. The normalized spacial score (nSPS) is 19.4. The van der Waals surface area contributed by atoms with Gasteiger partial charge < -0.3 is 9.47 Å². The number of hydrogen-bond donors (Lipinski definition) is 2. The van der Waals surface area contributed by atoms with Crippen LogP contribution in [0.5, 0.6) is 0 Å². The van der Waals surface area contributed by atoms with Crippen molar-refractivity contribution in [3.8, 4) is 0 Å². The molecule has 2 aromatic carbocycles. The van der Waals surface area contributed by atoms with Gasteiger partial charge in [-0.15, -0.1) is 0 Å². The maximum atomic E-state index is 14.9. The first kappa shape index (κ1) is 24.7. The molecule has 34 heavy (non-hydrogen) atoms. The van der Waals surface area contributed by atoms with Crippen LogP contribution in [0.2, 0.25) is 5.02 Å². The highest BCUT2D eigenvalue weighted by Crippen LogP contribution is 2.52. The molecule has 1 aliphatic rings. The summed E-state index contributed by atoms with van der Waals surface area (Å²) in [6.07, 6.45) is -5.57. The van der Waals surface area contributed by atoms with Crippen molar-refractivity contribution >= 4 is 33.4 Å². The van der Waals surface area contributed by atoms with Gasteiger partial charge in [0.2, 0.25) is 0 Å². The van der Waals surface area contributed by atoms with Crippen LogP contribution in [-0.4, -0.2) is 41.7 Å². The van der Waals surface area contributed by atoms with Gasteiger partial charge in [-0.2, -0.15) is 24.1 Å². The van der Waals surface area contributed by atoms with Crippen molar-refractivity contribution < 1.29 is 31.4 Å². The lowest BCUT2D eigenvalue weighted by Gasteiger charge is -2.26. The number of nitrogens with zero attached hydrogens (tertiary/aromatic N) is 1. The van der Waals surface area contributed by atoms with Gasteiger partial charge in [0.15, 0.2) is 0 Å². The summed E-state index contributed by atoms with van der Waals surface area (Å²) in [5.74, 6) is -2.04. The van der Waals surface area contributed by atoms with Gasteiger partial charge in [0.1, 0.15) is 11.6 Å². The second-order valence-electron chi connectivity index (χ2n) is 7.57. The minimum absolute atomic E-state index is 0.0103.